The number of anilines is 2. The van der Waals surface area contributed by atoms with Crippen LogP contribution in [0, 0.1) is 0 Å². The number of nitrogens with zero attached hydrogens (tertiary/aromatic N) is 4. The summed E-state index contributed by atoms with van der Waals surface area (Å²) in [6.45, 7) is 5.68. The molecule has 0 unspecified atom stereocenters. The van der Waals surface area contributed by atoms with E-state index >= 15 is 0 Å². The highest BCUT2D eigenvalue weighted by Gasteiger charge is 2.32. The average Bonchev–Trinajstić information content (AvgIpc) is 3.41. The number of carbonyl (C=O) groups excluding carboxylic acids is 1. The van der Waals surface area contributed by atoms with Gasteiger partial charge in [-0.2, -0.15) is 13.2 Å². The third-order valence-electron chi connectivity index (χ3n) is 7.57. The summed E-state index contributed by atoms with van der Waals surface area (Å²) in [4.78, 5) is 26.4. The Morgan fingerprint density at radius 1 is 1.11 bits per heavy atom. The van der Waals surface area contributed by atoms with Gasteiger partial charge in [0.25, 0.3) is 5.91 Å². The third kappa shape index (κ3) is 8.07. The molecule has 2 aromatic heterocycles. The number of unbranched alkanes of at least 4 members (excludes halogenated alkanes) is 1. The van der Waals surface area contributed by atoms with Crippen molar-refractivity contribution in [3.8, 4) is 5.82 Å². The van der Waals surface area contributed by atoms with Gasteiger partial charge in [0.2, 0.25) is 5.95 Å². The first-order valence-corrected chi connectivity index (χ1v) is 15.1. The van der Waals surface area contributed by atoms with Crippen molar-refractivity contribution in [3.63, 3.8) is 0 Å². The van der Waals surface area contributed by atoms with E-state index in [1.165, 1.54) is 12.4 Å². The number of fused-ring (bicyclic) bond motifs is 1. The number of benzene rings is 2. The first-order valence-electron chi connectivity index (χ1n) is 15.1. The number of aromatic nitrogens is 4. The second-order valence-corrected chi connectivity index (χ2v) is 10.9. The van der Waals surface area contributed by atoms with Crippen LogP contribution in [0.25, 0.3) is 16.9 Å². The fourth-order valence-corrected chi connectivity index (χ4v) is 5.22. The molecule has 0 aliphatic carbocycles. The highest BCUT2D eigenvalue weighted by molar-refractivity contribution is 5.95. The summed E-state index contributed by atoms with van der Waals surface area (Å²) in [5.74, 6) is 0.541. The number of amides is 1. The maximum absolute atomic E-state index is 13.8. The van der Waals surface area contributed by atoms with Crippen LogP contribution in [0.2, 0.25) is 0 Å². The zero-order chi connectivity index (χ0) is 31.8. The minimum Gasteiger partial charge on any atom is -0.382 e. The number of piperidine rings is 1. The monoisotopic (exact) mass is 618 g/mol. The van der Waals surface area contributed by atoms with Gasteiger partial charge in [-0.15, -0.1) is 0 Å². The SMILES string of the molecule is CCC/C=C(C)\C(=C/CNC(=O)c1cc(NC2CCNCC2)cc(C(F)(F)F)c1)Nc1nc2ccccc2n1-c1ccncn1. The van der Waals surface area contributed by atoms with Crippen molar-refractivity contribution in [2.75, 3.05) is 30.3 Å². The number of carbonyl (C=O) groups is 1. The quantitative estimate of drug-likeness (QED) is 0.143. The normalized spacial score (nSPS) is 14.9. The van der Waals surface area contributed by atoms with E-state index in [1.54, 1.807) is 18.3 Å². The summed E-state index contributed by atoms with van der Waals surface area (Å²) in [6, 6.07) is 12.9. The van der Waals surface area contributed by atoms with Gasteiger partial charge in [-0.05, 0) is 87.3 Å². The fourth-order valence-electron chi connectivity index (χ4n) is 5.22. The maximum atomic E-state index is 13.8. The van der Waals surface area contributed by atoms with Crippen LogP contribution >= 0.6 is 0 Å². The van der Waals surface area contributed by atoms with Crippen molar-refractivity contribution in [3.05, 3.63) is 95.6 Å². The molecule has 0 radical (unpaired) electrons. The van der Waals surface area contributed by atoms with Crippen molar-refractivity contribution >= 4 is 28.6 Å². The number of halogens is 3. The molecule has 1 fully saturated rings. The van der Waals surface area contributed by atoms with Crippen LogP contribution in [0.4, 0.5) is 24.8 Å². The van der Waals surface area contributed by atoms with Gasteiger partial charge in [-0.25, -0.2) is 15.0 Å². The highest BCUT2D eigenvalue weighted by atomic mass is 19.4. The Balaban J connectivity index is 1.40. The number of para-hydroxylation sites is 2. The molecule has 0 atom stereocenters. The Morgan fingerprint density at radius 3 is 2.64 bits per heavy atom. The minimum atomic E-state index is -4.59. The summed E-state index contributed by atoms with van der Waals surface area (Å²) in [6.07, 6.45) is 5.78. The molecule has 9 nitrogen and oxygen atoms in total. The Labute approximate surface area is 260 Å². The largest absolute Gasteiger partial charge is 0.416 e. The Hall–Kier alpha value is -4.71. The van der Waals surface area contributed by atoms with Crippen molar-refractivity contribution in [2.24, 2.45) is 0 Å². The Kier molecular flexibility index (Phi) is 10.1. The van der Waals surface area contributed by atoms with Crippen LogP contribution in [-0.2, 0) is 6.18 Å². The molecule has 1 amide bonds. The first-order chi connectivity index (χ1) is 21.7. The molecule has 0 spiro atoms. The van der Waals surface area contributed by atoms with Crippen LogP contribution in [0.3, 0.4) is 0 Å². The zero-order valence-electron chi connectivity index (χ0n) is 25.3. The molecule has 3 heterocycles. The van der Waals surface area contributed by atoms with Gasteiger partial charge in [0.05, 0.1) is 16.6 Å². The van der Waals surface area contributed by atoms with Crippen molar-refractivity contribution in [1.82, 2.24) is 30.2 Å². The van der Waals surface area contributed by atoms with Crippen molar-refractivity contribution in [1.29, 1.82) is 0 Å². The van der Waals surface area contributed by atoms with E-state index in [1.807, 2.05) is 35.8 Å². The Bertz CT molecular complexity index is 1670. The molecule has 4 N–H and O–H groups in total. The van der Waals surface area contributed by atoms with E-state index in [0.717, 1.165) is 67.5 Å². The minimum absolute atomic E-state index is 0.0339. The second kappa shape index (κ2) is 14.4. The van der Waals surface area contributed by atoms with E-state index in [9.17, 15) is 18.0 Å². The zero-order valence-corrected chi connectivity index (χ0v) is 25.3. The van der Waals surface area contributed by atoms with E-state index < -0.39 is 17.6 Å². The van der Waals surface area contributed by atoms with Crippen molar-refractivity contribution < 1.29 is 18.0 Å². The number of rotatable bonds is 11. The number of alkyl halides is 3. The first kappa shape index (κ1) is 31.7. The molecular weight excluding hydrogens is 581 g/mol. The van der Waals surface area contributed by atoms with Crippen LogP contribution in [0.1, 0.15) is 55.5 Å². The second-order valence-electron chi connectivity index (χ2n) is 10.9. The van der Waals surface area contributed by atoms with Crippen LogP contribution in [0.15, 0.2) is 84.5 Å². The molecule has 0 saturated carbocycles. The summed E-state index contributed by atoms with van der Waals surface area (Å²) in [5.41, 5.74) is 2.59. The van der Waals surface area contributed by atoms with Gasteiger partial charge in [0.1, 0.15) is 12.1 Å². The number of hydrogen-bond acceptors (Lipinski definition) is 7. The molecule has 5 rings (SSSR count). The predicted octanol–water partition coefficient (Wildman–Crippen LogP) is 6.47. The third-order valence-corrected chi connectivity index (χ3v) is 7.57. The van der Waals surface area contributed by atoms with Crippen LogP contribution in [0.5, 0.6) is 0 Å². The molecule has 236 valence electrons. The molecule has 4 aromatic rings. The summed E-state index contributed by atoms with van der Waals surface area (Å²) >= 11 is 0. The summed E-state index contributed by atoms with van der Waals surface area (Å²) < 4.78 is 43.2. The van der Waals surface area contributed by atoms with Crippen LogP contribution < -0.4 is 21.3 Å². The molecule has 1 aliphatic heterocycles. The van der Waals surface area contributed by atoms with Gasteiger partial charge >= 0.3 is 6.18 Å². The molecule has 45 heavy (non-hydrogen) atoms. The van der Waals surface area contributed by atoms with Gasteiger partial charge < -0.3 is 21.3 Å². The molecule has 0 bridgehead atoms. The predicted molar refractivity (Wildman–Crippen MR) is 170 cm³/mol. The molecule has 2 aromatic carbocycles. The lowest BCUT2D eigenvalue weighted by atomic mass is 10.0. The smallest absolute Gasteiger partial charge is 0.382 e. The summed E-state index contributed by atoms with van der Waals surface area (Å²) in [5, 5.41) is 12.6. The van der Waals surface area contributed by atoms with Crippen molar-refractivity contribution in [2.45, 2.75) is 51.7 Å². The topological polar surface area (TPSA) is 109 Å². The lowest BCUT2D eigenvalue weighted by Crippen LogP contribution is -2.35. The lowest BCUT2D eigenvalue weighted by molar-refractivity contribution is -0.137. The van der Waals surface area contributed by atoms with Crippen LogP contribution in [-0.4, -0.2) is 51.1 Å². The maximum Gasteiger partial charge on any atom is 0.416 e. The Morgan fingerprint density at radius 2 is 1.91 bits per heavy atom. The van der Waals surface area contributed by atoms with Gasteiger partial charge in [-0.3, -0.25) is 9.36 Å². The van der Waals surface area contributed by atoms with E-state index in [-0.39, 0.29) is 23.8 Å². The number of allylic oxidation sites excluding steroid dienone is 2. The van der Waals surface area contributed by atoms with E-state index in [4.69, 9.17) is 4.98 Å². The number of hydrogen-bond donors (Lipinski definition) is 4. The van der Waals surface area contributed by atoms with Gasteiger partial charge in [0, 0.05) is 35.7 Å². The summed E-state index contributed by atoms with van der Waals surface area (Å²) in [7, 11) is 0. The van der Waals surface area contributed by atoms with E-state index in [2.05, 4.69) is 44.2 Å². The molecular formula is C33H37F3N8O. The standard InChI is InChI=1S/C33H37F3N8O/c1-3-4-7-22(2)27(42-32-43-28-8-5-6-9-29(28)44(32)30-13-16-38-21-40-30)12-17-39-31(45)23-18-24(33(34,35)36)20-26(19-23)41-25-10-14-37-15-11-25/h5-9,12-13,16,18-21,25,37,41H,3-4,10-11,14-15,17H2,1-2H3,(H,39,45)(H,42,43)/b22-7-,27-12+. The molecule has 1 aliphatic rings. The number of imidazole rings is 1. The average molecular weight is 619 g/mol. The highest BCUT2D eigenvalue weighted by Crippen LogP contribution is 2.33. The number of nitrogens with one attached hydrogen (secondary N) is 4. The lowest BCUT2D eigenvalue weighted by Gasteiger charge is -2.25. The van der Waals surface area contributed by atoms with Gasteiger partial charge in [-0.1, -0.05) is 31.6 Å². The van der Waals surface area contributed by atoms with E-state index in [0.29, 0.717) is 17.5 Å². The fraction of sp³-hybridized carbons (Fsp3) is 0.333. The molecule has 12 heteroatoms. The van der Waals surface area contributed by atoms with Gasteiger partial charge in [0.15, 0.2) is 0 Å². The molecule has 1 saturated heterocycles.